The highest BCUT2D eigenvalue weighted by Gasteiger charge is 2.38. The summed E-state index contributed by atoms with van der Waals surface area (Å²) in [5, 5.41) is -0.533. The van der Waals surface area contributed by atoms with Gasteiger partial charge in [-0.05, 0) is 76.8 Å². The molecule has 2 fully saturated rings. The van der Waals surface area contributed by atoms with Crippen LogP contribution >= 0.6 is 0 Å². The molecule has 4 heterocycles. The highest BCUT2D eigenvalue weighted by Crippen LogP contribution is 2.38. The predicted octanol–water partition coefficient (Wildman–Crippen LogP) is 2.51. The van der Waals surface area contributed by atoms with Crippen LogP contribution in [0.15, 0.2) is 12.3 Å². The van der Waals surface area contributed by atoms with Crippen molar-refractivity contribution in [1.29, 1.82) is 0 Å². The maximum absolute atomic E-state index is 13.2. The number of piperidine rings is 1. The highest BCUT2D eigenvalue weighted by molar-refractivity contribution is 7.90. The maximum Gasteiger partial charge on any atom is 0.260 e. The van der Waals surface area contributed by atoms with E-state index in [4.69, 9.17) is 9.47 Å². The van der Waals surface area contributed by atoms with E-state index in [1.165, 1.54) is 0 Å². The van der Waals surface area contributed by atoms with Crippen molar-refractivity contribution in [3.8, 4) is 5.88 Å². The third kappa shape index (κ3) is 5.10. The summed E-state index contributed by atoms with van der Waals surface area (Å²) in [6.45, 7) is 6.12. The Morgan fingerprint density at radius 3 is 2.66 bits per heavy atom. The van der Waals surface area contributed by atoms with E-state index in [9.17, 15) is 13.2 Å². The van der Waals surface area contributed by atoms with Gasteiger partial charge in [-0.25, -0.2) is 18.1 Å². The van der Waals surface area contributed by atoms with Gasteiger partial charge in [-0.1, -0.05) is 0 Å². The molecule has 1 saturated carbocycles. The largest absolute Gasteiger partial charge is 0.467 e. The summed E-state index contributed by atoms with van der Waals surface area (Å²) < 4.78 is 40.3. The van der Waals surface area contributed by atoms with Crippen LogP contribution in [0.3, 0.4) is 0 Å². The summed E-state index contributed by atoms with van der Waals surface area (Å²) in [4.78, 5) is 19.4. The second-order valence-electron chi connectivity index (χ2n) is 9.62. The van der Waals surface area contributed by atoms with Crippen molar-refractivity contribution in [1.82, 2.24) is 14.6 Å². The first-order valence-corrected chi connectivity index (χ1v) is 13.3. The van der Waals surface area contributed by atoms with Crippen LogP contribution in [0.1, 0.15) is 69.4 Å². The fourth-order valence-electron chi connectivity index (χ4n) is 5.04. The molecule has 0 radical (unpaired) electrons. The van der Waals surface area contributed by atoms with Crippen LogP contribution in [0, 0.1) is 6.92 Å². The Kier molecular flexibility index (Phi) is 7.07. The summed E-state index contributed by atoms with van der Waals surface area (Å²) >= 11 is 0. The quantitative estimate of drug-likeness (QED) is 0.737. The van der Waals surface area contributed by atoms with Crippen LogP contribution in [-0.2, 0) is 19.6 Å². The number of nitrogens with one attached hydrogen (secondary N) is 1. The van der Waals surface area contributed by atoms with Gasteiger partial charge in [0.15, 0.2) is 6.61 Å². The topological polar surface area (TPSA) is 97.8 Å². The van der Waals surface area contributed by atoms with Crippen LogP contribution in [0.2, 0.25) is 0 Å². The molecular weight excluding hydrogens is 430 g/mol. The third-order valence-corrected chi connectivity index (χ3v) is 8.87. The molecule has 1 saturated heterocycles. The number of aryl methyl sites for hydroxylation is 1. The number of ether oxygens (including phenoxy) is 2. The molecule has 8 nitrogen and oxygen atoms in total. The number of fused-ring (bicyclic) bond motifs is 5. The molecule has 1 aliphatic carbocycles. The van der Waals surface area contributed by atoms with Gasteiger partial charge in [0.1, 0.15) is 0 Å². The summed E-state index contributed by atoms with van der Waals surface area (Å²) in [6.07, 6.45) is 7.14. The van der Waals surface area contributed by atoms with Crippen molar-refractivity contribution >= 4 is 15.9 Å². The van der Waals surface area contributed by atoms with Crippen LogP contribution in [-0.4, -0.2) is 67.4 Å². The molecule has 2 bridgehead atoms. The smallest absolute Gasteiger partial charge is 0.260 e. The molecule has 0 aromatic carbocycles. The van der Waals surface area contributed by atoms with Gasteiger partial charge < -0.3 is 14.4 Å². The molecule has 0 spiro atoms. The van der Waals surface area contributed by atoms with Gasteiger partial charge in [0.05, 0.1) is 24.0 Å². The van der Waals surface area contributed by atoms with Crippen molar-refractivity contribution in [3.05, 3.63) is 23.4 Å². The number of hydrogen-bond donors (Lipinski definition) is 1. The van der Waals surface area contributed by atoms with Gasteiger partial charge in [-0.3, -0.25) is 4.79 Å². The van der Waals surface area contributed by atoms with E-state index in [2.05, 4.69) is 15.8 Å². The van der Waals surface area contributed by atoms with Gasteiger partial charge in [0.2, 0.25) is 15.9 Å². The average Bonchev–Trinajstić information content (AvgIpc) is 2.78. The highest BCUT2D eigenvalue weighted by atomic mass is 32.2. The van der Waals surface area contributed by atoms with E-state index in [1.54, 1.807) is 24.9 Å². The van der Waals surface area contributed by atoms with Crippen LogP contribution < -0.4 is 9.46 Å². The number of nitrogens with zero attached hydrogens (tertiary/aromatic N) is 2. The zero-order valence-electron chi connectivity index (χ0n) is 19.2. The van der Waals surface area contributed by atoms with Crippen LogP contribution in [0.25, 0.3) is 0 Å². The molecule has 178 valence electrons. The number of sulfonamides is 1. The lowest BCUT2D eigenvalue weighted by atomic mass is 9.82. The van der Waals surface area contributed by atoms with Crippen LogP contribution in [0.5, 0.6) is 5.88 Å². The molecule has 2 atom stereocenters. The molecule has 3 aliphatic heterocycles. The molecule has 1 amide bonds. The molecule has 4 aliphatic rings. The number of carbonyl (C=O) groups is 1. The molecular formula is C23H35N3O5S. The van der Waals surface area contributed by atoms with E-state index in [-0.39, 0.29) is 30.7 Å². The SMILES string of the molecule is Cc1cnc2c(c1)C1CCC(CC1)OC[C@H]1[C@@H](NS(=O)(=O)C(C)C)CCCN1C(=O)CO2. The van der Waals surface area contributed by atoms with Crippen molar-refractivity contribution < 1.29 is 22.7 Å². The van der Waals surface area contributed by atoms with Gasteiger partial charge >= 0.3 is 0 Å². The second-order valence-corrected chi connectivity index (χ2v) is 11.9. The first-order chi connectivity index (χ1) is 15.2. The number of rotatable bonds is 3. The van der Waals surface area contributed by atoms with Crippen LogP contribution in [0.4, 0.5) is 0 Å². The van der Waals surface area contributed by atoms with E-state index in [0.29, 0.717) is 31.4 Å². The van der Waals surface area contributed by atoms with E-state index >= 15 is 0 Å². The minimum absolute atomic E-state index is 0.112. The maximum atomic E-state index is 13.2. The zero-order chi connectivity index (χ0) is 22.9. The predicted molar refractivity (Wildman–Crippen MR) is 121 cm³/mol. The van der Waals surface area contributed by atoms with E-state index in [0.717, 1.165) is 43.2 Å². The summed E-state index contributed by atoms with van der Waals surface area (Å²) in [7, 11) is -3.46. The minimum atomic E-state index is -3.46. The Hall–Kier alpha value is -1.71. The molecule has 5 rings (SSSR count). The lowest BCUT2D eigenvalue weighted by molar-refractivity contribution is -0.140. The molecule has 1 N–H and O–H groups in total. The lowest BCUT2D eigenvalue weighted by Gasteiger charge is -2.42. The van der Waals surface area contributed by atoms with E-state index < -0.39 is 15.3 Å². The number of aromatic nitrogens is 1. The van der Waals surface area contributed by atoms with Crippen molar-refractivity contribution in [2.75, 3.05) is 19.8 Å². The fraction of sp³-hybridized carbons (Fsp3) is 0.739. The standard InChI is InChI=1S/C23H35N3O5S/c1-15(2)32(28,29)25-20-5-4-10-26-21(20)13-30-18-8-6-17(7-9-18)19-11-16(3)12-24-23(19)31-14-22(26)27/h11-12,15,17-18,20-21,25H,4-10,13-14H2,1-3H3/t17?,18?,20-,21-/m0/s1. The fourth-order valence-corrected chi connectivity index (χ4v) is 6.01. The monoisotopic (exact) mass is 465 g/mol. The Balaban J connectivity index is 1.61. The summed E-state index contributed by atoms with van der Waals surface area (Å²) in [5.41, 5.74) is 2.16. The molecule has 1 aromatic rings. The van der Waals surface area contributed by atoms with Gasteiger partial charge in [0, 0.05) is 24.3 Å². The molecule has 0 unspecified atom stereocenters. The Morgan fingerprint density at radius 2 is 1.94 bits per heavy atom. The summed E-state index contributed by atoms with van der Waals surface area (Å²) in [5.74, 6) is 0.728. The first kappa shape index (κ1) is 23.4. The first-order valence-electron chi connectivity index (χ1n) is 11.8. The zero-order valence-corrected chi connectivity index (χ0v) is 20.1. The van der Waals surface area contributed by atoms with Gasteiger partial charge in [0.25, 0.3) is 5.91 Å². The normalized spacial score (nSPS) is 29.4. The lowest BCUT2D eigenvalue weighted by Crippen LogP contribution is -2.60. The number of hydrogen-bond acceptors (Lipinski definition) is 6. The third-order valence-electron chi connectivity index (χ3n) is 7.00. The van der Waals surface area contributed by atoms with Crippen molar-refractivity contribution in [2.24, 2.45) is 0 Å². The number of pyridine rings is 1. The van der Waals surface area contributed by atoms with Crippen molar-refractivity contribution in [3.63, 3.8) is 0 Å². The summed E-state index contributed by atoms with van der Waals surface area (Å²) in [6, 6.07) is 1.41. The van der Waals surface area contributed by atoms with Gasteiger partial charge in [-0.2, -0.15) is 0 Å². The Bertz CT molecular complexity index is 928. The Morgan fingerprint density at radius 1 is 1.19 bits per heavy atom. The van der Waals surface area contributed by atoms with E-state index in [1.807, 2.05) is 6.92 Å². The Labute approximate surface area is 191 Å². The molecule has 32 heavy (non-hydrogen) atoms. The van der Waals surface area contributed by atoms with Gasteiger partial charge in [-0.15, -0.1) is 0 Å². The number of amides is 1. The minimum Gasteiger partial charge on any atom is -0.467 e. The van der Waals surface area contributed by atoms with Crippen molar-refractivity contribution in [2.45, 2.75) is 88.7 Å². The molecule has 1 aromatic heterocycles. The molecule has 9 heteroatoms. The average molecular weight is 466 g/mol. The number of carbonyl (C=O) groups excluding carboxylic acids is 1. The second kappa shape index (κ2) is 9.65.